The molecule has 4 rings (SSSR count). The number of hydrogen-bond donors (Lipinski definition) is 0. The van der Waals surface area contributed by atoms with E-state index < -0.39 is 0 Å². The number of halogens is 2. The van der Waals surface area contributed by atoms with Crippen LogP contribution in [0.4, 0.5) is 0 Å². The first-order chi connectivity index (χ1) is 15.0. The Morgan fingerprint density at radius 1 is 1.03 bits per heavy atom. The highest BCUT2D eigenvalue weighted by atomic mass is 35.5. The number of ketones is 1. The fourth-order valence-electron chi connectivity index (χ4n) is 3.10. The molecule has 0 amide bonds. The second kappa shape index (κ2) is 9.33. The molecule has 0 aliphatic carbocycles. The van der Waals surface area contributed by atoms with Crippen molar-refractivity contribution < 1.29 is 23.7 Å². The van der Waals surface area contributed by atoms with Gasteiger partial charge >= 0.3 is 0 Å². The number of fused-ring (bicyclic) bond motifs is 1. The molecule has 3 aromatic carbocycles. The lowest BCUT2D eigenvalue weighted by Gasteiger charge is -2.13. The van der Waals surface area contributed by atoms with E-state index >= 15 is 0 Å². The molecule has 0 saturated heterocycles. The molecular formula is C24H18Cl2O5. The van der Waals surface area contributed by atoms with Crippen molar-refractivity contribution >= 4 is 35.1 Å². The van der Waals surface area contributed by atoms with Crippen molar-refractivity contribution in [2.75, 3.05) is 13.9 Å². The summed E-state index contributed by atoms with van der Waals surface area (Å²) in [5.41, 5.74) is 2.13. The number of ether oxygens (including phenoxy) is 4. The lowest BCUT2D eigenvalue weighted by atomic mass is 10.1. The van der Waals surface area contributed by atoms with Crippen molar-refractivity contribution in [2.24, 2.45) is 0 Å². The summed E-state index contributed by atoms with van der Waals surface area (Å²) in [5.74, 6) is 2.13. The number of rotatable bonds is 7. The van der Waals surface area contributed by atoms with Crippen LogP contribution in [0.15, 0.2) is 60.7 Å². The highest BCUT2D eigenvalue weighted by Crippen LogP contribution is 2.34. The summed E-state index contributed by atoms with van der Waals surface area (Å²) in [6.45, 7) is 0.364. The molecule has 0 bridgehead atoms. The van der Waals surface area contributed by atoms with Crippen LogP contribution < -0.4 is 18.9 Å². The van der Waals surface area contributed by atoms with E-state index in [1.165, 1.54) is 6.08 Å². The molecular weight excluding hydrogens is 439 g/mol. The van der Waals surface area contributed by atoms with E-state index in [4.69, 9.17) is 42.1 Å². The monoisotopic (exact) mass is 456 g/mol. The molecule has 1 aliphatic rings. The minimum Gasteiger partial charge on any atom is -0.496 e. The smallest absolute Gasteiger partial charge is 0.231 e. The molecule has 31 heavy (non-hydrogen) atoms. The number of methoxy groups -OCH3 is 1. The Balaban J connectivity index is 1.51. The van der Waals surface area contributed by atoms with Crippen LogP contribution >= 0.6 is 23.2 Å². The van der Waals surface area contributed by atoms with Crippen LogP contribution in [0.1, 0.15) is 21.5 Å². The number of benzene rings is 3. The summed E-state index contributed by atoms with van der Waals surface area (Å²) in [7, 11) is 1.58. The lowest BCUT2D eigenvalue weighted by Crippen LogP contribution is -2.00. The average Bonchev–Trinajstić information content (AvgIpc) is 3.25. The molecule has 0 N–H and O–H groups in total. The minimum absolute atomic E-state index is 0.144. The maximum absolute atomic E-state index is 12.5. The predicted molar refractivity (Wildman–Crippen MR) is 120 cm³/mol. The number of carbonyl (C=O) groups is 1. The highest BCUT2D eigenvalue weighted by Gasteiger charge is 2.15. The summed E-state index contributed by atoms with van der Waals surface area (Å²) >= 11 is 12.3. The van der Waals surface area contributed by atoms with E-state index in [1.807, 2.05) is 18.2 Å². The zero-order chi connectivity index (χ0) is 21.8. The fraction of sp³-hybridized carbons (Fsp3) is 0.125. The van der Waals surface area contributed by atoms with Gasteiger partial charge in [-0.2, -0.15) is 0 Å². The van der Waals surface area contributed by atoms with Gasteiger partial charge in [0.25, 0.3) is 0 Å². The molecule has 3 aromatic rings. The van der Waals surface area contributed by atoms with Crippen LogP contribution in [0.2, 0.25) is 10.0 Å². The van der Waals surface area contributed by atoms with Gasteiger partial charge in [0.15, 0.2) is 23.0 Å². The van der Waals surface area contributed by atoms with Crippen LogP contribution in [0, 0.1) is 0 Å². The summed E-state index contributed by atoms with van der Waals surface area (Å²) in [5, 5.41) is 0.855. The van der Waals surface area contributed by atoms with Crippen LogP contribution in [0.5, 0.6) is 23.0 Å². The molecule has 5 nitrogen and oxygen atoms in total. The highest BCUT2D eigenvalue weighted by molar-refractivity contribution is 6.37. The third-order valence-corrected chi connectivity index (χ3v) is 5.27. The summed E-state index contributed by atoms with van der Waals surface area (Å²) in [6.07, 6.45) is 3.24. The van der Waals surface area contributed by atoms with Gasteiger partial charge in [-0.05, 0) is 54.1 Å². The molecule has 0 spiro atoms. The first-order valence-electron chi connectivity index (χ1n) is 9.41. The first-order valence-corrected chi connectivity index (χ1v) is 10.2. The normalized spacial score (nSPS) is 12.2. The van der Waals surface area contributed by atoms with Gasteiger partial charge in [-0.25, -0.2) is 0 Å². The van der Waals surface area contributed by atoms with Crippen LogP contribution in [0.25, 0.3) is 6.08 Å². The summed E-state index contributed by atoms with van der Waals surface area (Å²) in [6, 6.07) is 15.8. The second-order valence-corrected chi connectivity index (χ2v) is 7.49. The number of carbonyl (C=O) groups excluding carboxylic acids is 1. The third-order valence-electron chi connectivity index (χ3n) is 4.68. The van der Waals surface area contributed by atoms with Gasteiger partial charge < -0.3 is 18.9 Å². The van der Waals surface area contributed by atoms with Gasteiger partial charge in [0.1, 0.15) is 12.4 Å². The lowest BCUT2D eigenvalue weighted by molar-refractivity contribution is 0.104. The number of hydrogen-bond acceptors (Lipinski definition) is 5. The Kier molecular flexibility index (Phi) is 6.35. The Morgan fingerprint density at radius 2 is 1.81 bits per heavy atom. The Hall–Kier alpha value is -3.15. The summed E-state index contributed by atoms with van der Waals surface area (Å²) < 4.78 is 21.9. The summed E-state index contributed by atoms with van der Waals surface area (Å²) in [4.78, 5) is 12.5. The van der Waals surface area contributed by atoms with Gasteiger partial charge in [-0.1, -0.05) is 41.4 Å². The second-order valence-electron chi connectivity index (χ2n) is 6.68. The molecule has 0 fully saturated rings. The van der Waals surface area contributed by atoms with E-state index in [-0.39, 0.29) is 19.2 Å². The SMILES string of the molecule is COc1ccc(/C=C/C(=O)c2ccc3c(c2)OCO3)cc1COc1c(Cl)cccc1Cl. The van der Waals surface area contributed by atoms with Crippen molar-refractivity contribution in [3.8, 4) is 23.0 Å². The molecule has 1 aliphatic heterocycles. The van der Waals surface area contributed by atoms with Crippen LogP contribution in [-0.4, -0.2) is 19.7 Å². The van der Waals surface area contributed by atoms with E-state index in [0.717, 1.165) is 11.1 Å². The molecule has 0 atom stereocenters. The minimum atomic E-state index is -0.144. The van der Waals surface area contributed by atoms with Crippen molar-refractivity contribution in [3.63, 3.8) is 0 Å². The van der Waals surface area contributed by atoms with Gasteiger partial charge in [0.05, 0.1) is 17.2 Å². The van der Waals surface area contributed by atoms with Gasteiger partial charge in [0.2, 0.25) is 6.79 Å². The Bertz CT molecular complexity index is 1140. The fourth-order valence-corrected chi connectivity index (χ4v) is 3.61. The van der Waals surface area contributed by atoms with Crippen molar-refractivity contribution in [3.05, 3.63) is 87.4 Å². The first kappa shape index (κ1) is 21.1. The number of para-hydroxylation sites is 1. The molecule has 0 aromatic heterocycles. The van der Waals surface area contributed by atoms with Crippen molar-refractivity contribution in [1.82, 2.24) is 0 Å². The molecule has 0 saturated carbocycles. The van der Waals surface area contributed by atoms with Crippen molar-refractivity contribution in [2.45, 2.75) is 6.61 Å². The van der Waals surface area contributed by atoms with Gasteiger partial charge in [-0.15, -0.1) is 0 Å². The molecule has 0 radical (unpaired) electrons. The Morgan fingerprint density at radius 3 is 2.58 bits per heavy atom. The standard InChI is InChI=1S/C24H18Cl2O5/c1-28-21-9-6-15(11-17(21)13-29-24-18(25)3-2-4-19(24)26)5-8-20(27)16-7-10-22-23(12-16)31-14-30-22/h2-12H,13-14H2,1H3/b8-5+. The van der Waals surface area contributed by atoms with E-state index in [9.17, 15) is 4.79 Å². The van der Waals surface area contributed by atoms with Crippen LogP contribution in [-0.2, 0) is 6.61 Å². The van der Waals surface area contributed by atoms with Crippen molar-refractivity contribution in [1.29, 1.82) is 0 Å². The quantitative estimate of drug-likeness (QED) is 0.312. The largest absolute Gasteiger partial charge is 0.496 e. The molecule has 7 heteroatoms. The third kappa shape index (κ3) is 4.79. The maximum atomic E-state index is 12.5. The topological polar surface area (TPSA) is 54.0 Å². The Labute approximate surface area is 189 Å². The van der Waals surface area contributed by atoms with Crippen LogP contribution in [0.3, 0.4) is 0 Å². The molecule has 1 heterocycles. The average molecular weight is 457 g/mol. The van der Waals surface area contributed by atoms with Gasteiger partial charge in [0, 0.05) is 11.1 Å². The van der Waals surface area contributed by atoms with E-state index in [2.05, 4.69) is 0 Å². The van der Waals surface area contributed by atoms with E-state index in [0.29, 0.717) is 38.6 Å². The van der Waals surface area contributed by atoms with E-state index in [1.54, 1.807) is 49.6 Å². The zero-order valence-corrected chi connectivity index (χ0v) is 18.1. The zero-order valence-electron chi connectivity index (χ0n) is 16.6. The van der Waals surface area contributed by atoms with Gasteiger partial charge in [-0.3, -0.25) is 4.79 Å². The maximum Gasteiger partial charge on any atom is 0.231 e. The molecule has 0 unspecified atom stereocenters. The predicted octanol–water partition coefficient (Wildman–Crippen LogP) is 6.21. The molecule has 158 valence electrons. The number of allylic oxidation sites excluding steroid dienone is 1.